The SMILES string of the molecule is O=[N+]([O-])c1cccc(COc2ccc(Br)cc2/C=N\Nc2ccc(C(F)(F)F)cc2[N+](=O)[O-])c1. The van der Waals surface area contributed by atoms with Gasteiger partial charge in [0.2, 0.25) is 0 Å². The number of anilines is 1. The van der Waals surface area contributed by atoms with Crippen LogP contribution in [0.15, 0.2) is 70.2 Å². The Labute approximate surface area is 198 Å². The molecular weight excluding hydrogens is 525 g/mol. The van der Waals surface area contributed by atoms with Crippen molar-refractivity contribution in [2.24, 2.45) is 5.10 Å². The zero-order valence-corrected chi connectivity index (χ0v) is 18.5. The molecule has 0 saturated heterocycles. The Morgan fingerprint density at radius 3 is 2.47 bits per heavy atom. The summed E-state index contributed by atoms with van der Waals surface area (Å²) in [6.07, 6.45) is -3.46. The van der Waals surface area contributed by atoms with Crippen molar-refractivity contribution in [3.63, 3.8) is 0 Å². The third kappa shape index (κ3) is 6.28. The van der Waals surface area contributed by atoms with E-state index in [0.29, 0.717) is 33.5 Å². The highest BCUT2D eigenvalue weighted by Crippen LogP contribution is 2.35. The van der Waals surface area contributed by atoms with Crippen LogP contribution in [0.2, 0.25) is 0 Å². The Kier molecular flexibility index (Phi) is 7.46. The van der Waals surface area contributed by atoms with Crippen molar-refractivity contribution in [2.45, 2.75) is 12.8 Å². The number of nitro groups is 2. The number of hydrazone groups is 1. The van der Waals surface area contributed by atoms with Gasteiger partial charge in [0.15, 0.2) is 0 Å². The highest BCUT2D eigenvalue weighted by Gasteiger charge is 2.33. The van der Waals surface area contributed by atoms with Gasteiger partial charge in [0.1, 0.15) is 18.0 Å². The smallest absolute Gasteiger partial charge is 0.416 e. The van der Waals surface area contributed by atoms with E-state index in [0.717, 1.165) is 6.07 Å². The number of non-ortho nitro benzene ring substituents is 1. The average molecular weight is 539 g/mol. The van der Waals surface area contributed by atoms with Crippen LogP contribution >= 0.6 is 15.9 Å². The standard InChI is InChI=1S/C21H14BrF3N4O5/c22-16-5-7-20(34-12-13-2-1-3-17(8-13)28(30)31)14(9-16)11-26-27-18-6-4-15(21(23,24)25)10-19(18)29(32)33/h1-11,27H,12H2/b26-11-. The third-order valence-electron chi connectivity index (χ3n) is 4.40. The number of benzene rings is 3. The van der Waals surface area contributed by atoms with Crippen molar-refractivity contribution >= 4 is 39.2 Å². The first kappa shape index (κ1) is 24.6. The van der Waals surface area contributed by atoms with Gasteiger partial charge in [-0.05, 0) is 35.9 Å². The van der Waals surface area contributed by atoms with Crippen LogP contribution in [0, 0.1) is 20.2 Å². The molecule has 0 spiro atoms. The number of alkyl halides is 3. The first-order valence-electron chi connectivity index (χ1n) is 9.35. The first-order valence-corrected chi connectivity index (χ1v) is 10.1. The largest absolute Gasteiger partial charge is 0.488 e. The van der Waals surface area contributed by atoms with Crippen molar-refractivity contribution in [3.8, 4) is 5.75 Å². The second-order valence-corrected chi connectivity index (χ2v) is 7.67. The van der Waals surface area contributed by atoms with Gasteiger partial charge in [-0.2, -0.15) is 18.3 Å². The maximum absolute atomic E-state index is 12.9. The Morgan fingerprint density at radius 1 is 1.03 bits per heavy atom. The molecule has 0 aliphatic rings. The van der Waals surface area contributed by atoms with Gasteiger partial charge in [-0.3, -0.25) is 25.7 Å². The Bertz CT molecular complexity index is 1270. The summed E-state index contributed by atoms with van der Waals surface area (Å²) in [5.41, 5.74) is 1.10. The molecule has 0 amide bonds. The molecular formula is C21H14BrF3N4O5. The fourth-order valence-corrected chi connectivity index (χ4v) is 3.18. The van der Waals surface area contributed by atoms with E-state index in [1.54, 1.807) is 24.3 Å². The number of hydrogen-bond donors (Lipinski definition) is 1. The molecule has 34 heavy (non-hydrogen) atoms. The molecule has 0 aliphatic carbocycles. The number of hydrogen-bond acceptors (Lipinski definition) is 7. The molecule has 0 unspecified atom stereocenters. The van der Waals surface area contributed by atoms with E-state index < -0.39 is 27.3 Å². The summed E-state index contributed by atoms with van der Waals surface area (Å²) in [6.45, 7) is 0.0158. The molecule has 0 aromatic heterocycles. The second-order valence-electron chi connectivity index (χ2n) is 6.75. The predicted octanol–water partition coefficient (Wildman–Crippen LogP) is 6.31. The molecule has 3 aromatic rings. The van der Waals surface area contributed by atoms with Crippen molar-refractivity contribution < 1.29 is 27.8 Å². The lowest BCUT2D eigenvalue weighted by Gasteiger charge is -2.10. The Balaban J connectivity index is 1.79. The molecule has 176 valence electrons. The quantitative estimate of drug-likeness (QED) is 0.204. The molecule has 0 saturated carbocycles. The number of nitrogens with one attached hydrogen (secondary N) is 1. The minimum Gasteiger partial charge on any atom is -0.488 e. The molecule has 3 rings (SSSR count). The molecule has 0 fully saturated rings. The maximum atomic E-state index is 12.9. The van der Waals surface area contributed by atoms with Gasteiger partial charge in [0.05, 0.1) is 21.6 Å². The number of nitrogens with zero attached hydrogens (tertiary/aromatic N) is 3. The minimum absolute atomic E-state index is 0.0158. The number of ether oxygens (including phenoxy) is 1. The Hall–Kier alpha value is -4.00. The normalized spacial score (nSPS) is 11.4. The van der Waals surface area contributed by atoms with Crippen LogP contribution in [0.4, 0.5) is 30.2 Å². The lowest BCUT2D eigenvalue weighted by atomic mass is 10.1. The van der Waals surface area contributed by atoms with Gasteiger partial charge < -0.3 is 4.74 Å². The Morgan fingerprint density at radius 2 is 1.79 bits per heavy atom. The summed E-state index contributed by atoms with van der Waals surface area (Å²) in [5, 5.41) is 26.0. The molecule has 9 nitrogen and oxygen atoms in total. The van der Waals surface area contributed by atoms with E-state index in [1.807, 2.05) is 0 Å². The van der Waals surface area contributed by atoms with Gasteiger partial charge in [-0.1, -0.05) is 28.1 Å². The van der Waals surface area contributed by atoms with Crippen LogP contribution in [-0.4, -0.2) is 16.1 Å². The minimum atomic E-state index is -4.73. The topological polar surface area (TPSA) is 120 Å². The zero-order chi connectivity index (χ0) is 24.9. The number of rotatable bonds is 8. The molecule has 0 atom stereocenters. The second kappa shape index (κ2) is 10.3. The van der Waals surface area contributed by atoms with Crippen molar-refractivity contribution in [2.75, 3.05) is 5.43 Å². The van der Waals surface area contributed by atoms with Crippen LogP contribution in [0.5, 0.6) is 5.75 Å². The molecule has 0 bridgehead atoms. The predicted molar refractivity (Wildman–Crippen MR) is 121 cm³/mol. The first-order chi connectivity index (χ1) is 16.0. The van der Waals surface area contributed by atoms with E-state index in [4.69, 9.17) is 4.74 Å². The lowest BCUT2D eigenvalue weighted by Crippen LogP contribution is -2.06. The van der Waals surface area contributed by atoms with Crippen LogP contribution in [-0.2, 0) is 12.8 Å². The molecule has 0 aliphatic heterocycles. The van der Waals surface area contributed by atoms with Gasteiger partial charge in [0.25, 0.3) is 11.4 Å². The summed E-state index contributed by atoms with van der Waals surface area (Å²) in [5.74, 6) is 0.349. The van der Waals surface area contributed by atoms with Gasteiger partial charge in [0, 0.05) is 28.2 Å². The van der Waals surface area contributed by atoms with Crippen LogP contribution in [0.1, 0.15) is 16.7 Å². The van der Waals surface area contributed by atoms with E-state index >= 15 is 0 Å². The van der Waals surface area contributed by atoms with E-state index in [1.165, 1.54) is 24.4 Å². The van der Waals surface area contributed by atoms with Gasteiger partial charge in [-0.15, -0.1) is 0 Å². The summed E-state index contributed by atoms with van der Waals surface area (Å²) < 4.78 is 45.0. The number of halogens is 4. The highest BCUT2D eigenvalue weighted by atomic mass is 79.9. The third-order valence-corrected chi connectivity index (χ3v) is 4.89. The van der Waals surface area contributed by atoms with Crippen molar-refractivity contribution in [1.82, 2.24) is 0 Å². The molecule has 3 aromatic carbocycles. The van der Waals surface area contributed by atoms with Crippen LogP contribution in [0.25, 0.3) is 0 Å². The maximum Gasteiger partial charge on any atom is 0.416 e. The zero-order valence-electron chi connectivity index (χ0n) is 17.0. The summed E-state index contributed by atoms with van der Waals surface area (Å²) >= 11 is 3.30. The molecule has 13 heteroatoms. The summed E-state index contributed by atoms with van der Waals surface area (Å²) in [7, 11) is 0. The lowest BCUT2D eigenvalue weighted by molar-refractivity contribution is -0.385. The van der Waals surface area contributed by atoms with Crippen molar-refractivity contribution in [3.05, 3.63) is 102 Å². The number of nitro benzene ring substituents is 2. The molecule has 0 heterocycles. The van der Waals surface area contributed by atoms with E-state index in [9.17, 15) is 33.4 Å². The van der Waals surface area contributed by atoms with E-state index in [-0.39, 0.29) is 18.0 Å². The van der Waals surface area contributed by atoms with Crippen LogP contribution < -0.4 is 10.2 Å². The highest BCUT2D eigenvalue weighted by molar-refractivity contribution is 9.10. The fraction of sp³-hybridized carbons (Fsp3) is 0.0952. The van der Waals surface area contributed by atoms with Gasteiger partial charge in [-0.25, -0.2) is 0 Å². The van der Waals surface area contributed by atoms with Gasteiger partial charge >= 0.3 is 6.18 Å². The van der Waals surface area contributed by atoms with Crippen LogP contribution in [0.3, 0.4) is 0 Å². The average Bonchev–Trinajstić information content (AvgIpc) is 2.78. The summed E-state index contributed by atoms with van der Waals surface area (Å²) in [4.78, 5) is 20.7. The fourth-order valence-electron chi connectivity index (χ4n) is 2.80. The monoisotopic (exact) mass is 538 g/mol. The molecule has 1 N–H and O–H groups in total. The molecule has 0 radical (unpaired) electrons. The van der Waals surface area contributed by atoms with Crippen molar-refractivity contribution in [1.29, 1.82) is 0 Å². The summed E-state index contributed by atoms with van der Waals surface area (Å²) in [6, 6.07) is 12.9. The van der Waals surface area contributed by atoms with E-state index in [2.05, 4.69) is 26.5 Å².